The second kappa shape index (κ2) is 6.75. The van der Waals surface area contributed by atoms with Crippen LogP contribution in [0.3, 0.4) is 0 Å². The van der Waals surface area contributed by atoms with E-state index in [0.29, 0.717) is 34.4 Å². The molecule has 0 radical (unpaired) electrons. The number of benzene rings is 1. The Morgan fingerprint density at radius 1 is 1.24 bits per heavy atom. The first-order chi connectivity index (χ1) is 10.0. The summed E-state index contributed by atoms with van der Waals surface area (Å²) in [6.07, 6.45) is 0.679. The molecule has 0 spiro atoms. The first-order valence-electron chi connectivity index (χ1n) is 6.45. The van der Waals surface area contributed by atoms with Crippen LogP contribution >= 0.6 is 23.2 Å². The third kappa shape index (κ3) is 3.44. The van der Waals surface area contributed by atoms with Gasteiger partial charge in [0.25, 0.3) is 0 Å². The summed E-state index contributed by atoms with van der Waals surface area (Å²) in [6, 6.07) is 7.70. The number of nitriles is 1. The summed E-state index contributed by atoms with van der Waals surface area (Å²) in [6.45, 7) is 4.28. The van der Waals surface area contributed by atoms with Crippen LogP contribution in [-0.2, 0) is 6.42 Å². The highest BCUT2D eigenvalue weighted by molar-refractivity contribution is 6.42. The van der Waals surface area contributed by atoms with Gasteiger partial charge in [0.15, 0.2) is 5.82 Å². The maximum atomic E-state index is 9.22. The Balaban J connectivity index is 2.10. The molecule has 0 unspecified atom stereocenters. The zero-order chi connectivity index (χ0) is 15.4. The van der Waals surface area contributed by atoms with Gasteiger partial charge in [0, 0.05) is 6.54 Å². The maximum absolute atomic E-state index is 9.22. The van der Waals surface area contributed by atoms with Gasteiger partial charge in [-0.1, -0.05) is 35.3 Å². The third-order valence-corrected chi connectivity index (χ3v) is 4.14. The van der Waals surface area contributed by atoms with E-state index in [-0.39, 0.29) is 0 Å². The summed E-state index contributed by atoms with van der Waals surface area (Å²) < 4.78 is 0. The zero-order valence-corrected chi connectivity index (χ0v) is 13.3. The number of rotatable bonds is 4. The SMILES string of the molecule is Cc1nnc(NCCc2cccc(Cl)c2Cl)c(C#N)c1C. The van der Waals surface area contributed by atoms with E-state index in [9.17, 15) is 5.26 Å². The highest BCUT2D eigenvalue weighted by Gasteiger charge is 2.10. The highest BCUT2D eigenvalue weighted by atomic mass is 35.5. The van der Waals surface area contributed by atoms with Gasteiger partial charge in [0.1, 0.15) is 11.6 Å². The fraction of sp³-hybridized carbons (Fsp3) is 0.267. The molecular weight excluding hydrogens is 307 g/mol. The predicted molar refractivity (Wildman–Crippen MR) is 84.9 cm³/mol. The molecule has 0 aliphatic heterocycles. The van der Waals surface area contributed by atoms with Crippen LogP contribution in [0.2, 0.25) is 10.0 Å². The normalized spacial score (nSPS) is 10.2. The Kier molecular flexibility index (Phi) is 5.00. The van der Waals surface area contributed by atoms with Crippen molar-refractivity contribution in [2.75, 3.05) is 11.9 Å². The molecule has 2 rings (SSSR count). The lowest BCUT2D eigenvalue weighted by atomic mass is 10.1. The van der Waals surface area contributed by atoms with E-state index < -0.39 is 0 Å². The molecule has 0 fully saturated rings. The van der Waals surface area contributed by atoms with E-state index in [4.69, 9.17) is 23.2 Å². The minimum atomic E-state index is 0.499. The van der Waals surface area contributed by atoms with Crippen LogP contribution in [0.5, 0.6) is 0 Å². The molecule has 108 valence electrons. The van der Waals surface area contributed by atoms with Crippen molar-refractivity contribution < 1.29 is 0 Å². The van der Waals surface area contributed by atoms with Gasteiger partial charge in [-0.2, -0.15) is 10.4 Å². The average Bonchev–Trinajstić information content (AvgIpc) is 2.47. The highest BCUT2D eigenvalue weighted by Crippen LogP contribution is 2.26. The molecule has 0 amide bonds. The van der Waals surface area contributed by atoms with Crippen LogP contribution in [0.1, 0.15) is 22.4 Å². The lowest BCUT2D eigenvalue weighted by molar-refractivity contribution is 0.927. The van der Waals surface area contributed by atoms with Crippen LogP contribution in [0.25, 0.3) is 0 Å². The monoisotopic (exact) mass is 320 g/mol. The minimum absolute atomic E-state index is 0.499. The number of aryl methyl sites for hydroxylation is 1. The average molecular weight is 321 g/mol. The van der Waals surface area contributed by atoms with Crippen LogP contribution in [-0.4, -0.2) is 16.7 Å². The van der Waals surface area contributed by atoms with Crippen molar-refractivity contribution in [2.24, 2.45) is 0 Å². The number of aromatic nitrogens is 2. The summed E-state index contributed by atoms with van der Waals surface area (Å²) in [5.41, 5.74) is 3.08. The van der Waals surface area contributed by atoms with Crippen LogP contribution in [0.15, 0.2) is 18.2 Å². The first-order valence-corrected chi connectivity index (χ1v) is 7.21. The van der Waals surface area contributed by atoms with E-state index in [0.717, 1.165) is 16.8 Å². The Labute approximate surface area is 133 Å². The standard InChI is InChI=1S/C15H14Cl2N4/c1-9-10(2)20-21-15(12(9)8-18)19-7-6-11-4-3-5-13(16)14(11)17/h3-5H,6-7H2,1-2H3,(H,19,21). The molecule has 0 aliphatic carbocycles. The molecular formula is C15H14Cl2N4. The van der Waals surface area contributed by atoms with E-state index in [1.54, 1.807) is 6.07 Å². The lowest BCUT2D eigenvalue weighted by Gasteiger charge is -2.10. The number of hydrogen-bond acceptors (Lipinski definition) is 4. The molecule has 0 bridgehead atoms. The second-order valence-corrected chi connectivity index (χ2v) is 5.42. The number of anilines is 1. The predicted octanol–water partition coefficient (Wildman–Crippen LogP) is 3.93. The van der Waals surface area contributed by atoms with Gasteiger partial charge >= 0.3 is 0 Å². The molecule has 6 heteroatoms. The van der Waals surface area contributed by atoms with Gasteiger partial charge < -0.3 is 5.32 Å². The van der Waals surface area contributed by atoms with Crippen molar-refractivity contribution in [2.45, 2.75) is 20.3 Å². The number of nitrogens with one attached hydrogen (secondary N) is 1. The maximum Gasteiger partial charge on any atom is 0.166 e. The number of halogens is 2. The van der Waals surface area contributed by atoms with Crippen molar-refractivity contribution in [3.8, 4) is 6.07 Å². The fourth-order valence-corrected chi connectivity index (χ4v) is 2.34. The van der Waals surface area contributed by atoms with Gasteiger partial charge in [-0.05, 0) is 37.5 Å². The minimum Gasteiger partial charge on any atom is -0.367 e. The van der Waals surface area contributed by atoms with Gasteiger partial charge in [0.2, 0.25) is 0 Å². The molecule has 0 saturated heterocycles. The van der Waals surface area contributed by atoms with Crippen molar-refractivity contribution in [1.82, 2.24) is 10.2 Å². The summed E-state index contributed by atoms with van der Waals surface area (Å²) in [5.74, 6) is 0.499. The molecule has 1 aromatic carbocycles. The third-order valence-electron chi connectivity index (χ3n) is 3.28. The Morgan fingerprint density at radius 2 is 2.00 bits per heavy atom. The summed E-state index contributed by atoms with van der Waals surface area (Å²) in [4.78, 5) is 0. The van der Waals surface area contributed by atoms with E-state index >= 15 is 0 Å². The van der Waals surface area contributed by atoms with Gasteiger partial charge in [-0.3, -0.25) is 0 Å². The van der Waals surface area contributed by atoms with Crippen LogP contribution in [0.4, 0.5) is 5.82 Å². The van der Waals surface area contributed by atoms with Gasteiger partial charge in [-0.25, -0.2) is 0 Å². The Bertz CT molecular complexity index is 708. The Hall–Kier alpha value is -1.83. The van der Waals surface area contributed by atoms with Crippen molar-refractivity contribution in [1.29, 1.82) is 5.26 Å². The number of nitrogens with zero attached hydrogens (tertiary/aromatic N) is 3. The molecule has 0 saturated carbocycles. The molecule has 1 N–H and O–H groups in total. The molecule has 1 aromatic heterocycles. The smallest absolute Gasteiger partial charge is 0.166 e. The van der Waals surface area contributed by atoms with E-state index in [1.807, 2.05) is 26.0 Å². The van der Waals surface area contributed by atoms with Crippen LogP contribution in [0, 0.1) is 25.2 Å². The second-order valence-electron chi connectivity index (χ2n) is 4.64. The molecule has 0 aliphatic rings. The number of hydrogen-bond donors (Lipinski definition) is 1. The summed E-state index contributed by atoms with van der Waals surface area (Å²) in [7, 11) is 0. The summed E-state index contributed by atoms with van der Waals surface area (Å²) in [5, 5.41) is 21.5. The molecule has 1 heterocycles. The fourth-order valence-electron chi connectivity index (χ4n) is 1.93. The molecule has 4 nitrogen and oxygen atoms in total. The summed E-state index contributed by atoms with van der Waals surface area (Å²) >= 11 is 12.1. The van der Waals surface area contributed by atoms with Gasteiger partial charge in [0.05, 0.1) is 15.7 Å². The van der Waals surface area contributed by atoms with Gasteiger partial charge in [-0.15, -0.1) is 5.10 Å². The quantitative estimate of drug-likeness (QED) is 0.927. The van der Waals surface area contributed by atoms with Crippen LogP contribution < -0.4 is 5.32 Å². The first kappa shape index (κ1) is 15.6. The molecule has 21 heavy (non-hydrogen) atoms. The molecule has 0 atom stereocenters. The van der Waals surface area contributed by atoms with Crippen molar-refractivity contribution in [3.63, 3.8) is 0 Å². The molecule has 2 aromatic rings. The van der Waals surface area contributed by atoms with Crippen molar-refractivity contribution in [3.05, 3.63) is 50.6 Å². The van der Waals surface area contributed by atoms with E-state index in [2.05, 4.69) is 21.6 Å². The lowest BCUT2D eigenvalue weighted by Crippen LogP contribution is -2.10. The topological polar surface area (TPSA) is 61.6 Å². The largest absolute Gasteiger partial charge is 0.367 e. The van der Waals surface area contributed by atoms with E-state index in [1.165, 1.54) is 0 Å². The van der Waals surface area contributed by atoms with Crippen molar-refractivity contribution >= 4 is 29.0 Å². The Morgan fingerprint density at radius 3 is 2.71 bits per heavy atom. The zero-order valence-electron chi connectivity index (χ0n) is 11.7.